The molecule has 0 radical (unpaired) electrons. The third-order valence-corrected chi connectivity index (χ3v) is 3.70. The van der Waals surface area contributed by atoms with Crippen LogP contribution in [0.1, 0.15) is 20.8 Å². The summed E-state index contributed by atoms with van der Waals surface area (Å²) in [7, 11) is 0. The molecule has 0 atom stereocenters. The number of fused-ring (bicyclic) bond motifs is 1. The van der Waals surface area contributed by atoms with Gasteiger partial charge in [-0.15, -0.1) is 0 Å². The van der Waals surface area contributed by atoms with Gasteiger partial charge in [0, 0.05) is 32.4 Å². The first kappa shape index (κ1) is 16.2. The lowest BCUT2D eigenvalue weighted by atomic mass is 10.2. The minimum absolute atomic E-state index is 0.289. The van der Waals surface area contributed by atoms with E-state index in [-0.39, 0.29) is 6.09 Å². The Morgan fingerprint density at radius 1 is 1.21 bits per heavy atom. The molecule has 0 saturated carbocycles. The summed E-state index contributed by atoms with van der Waals surface area (Å²) in [6.07, 6.45) is 1.39. The van der Waals surface area contributed by atoms with Crippen LogP contribution in [0.25, 0.3) is 11.0 Å². The maximum atomic E-state index is 12.1. The number of carbonyl (C=O) groups excluding carboxylic acids is 1. The molecule has 0 spiro atoms. The van der Waals surface area contributed by atoms with E-state index in [0.29, 0.717) is 43.6 Å². The Kier molecular flexibility index (Phi) is 4.13. The molecule has 2 N–H and O–H groups in total. The van der Waals surface area contributed by atoms with Gasteiger partial charge in [-0.2, -0.15) is 9.97 Å². The maximum absolute atomic E-state index is 12.1. The van der Waals surface area contributed by atoms with Crippen LogP contribution in [0.15, 0.2) is 18.3 Å². The Labute approximate surface area is 140 Å². The minimum Gasteiger partial charge on any atom is -0.444 e. The summed E-state index contributed by atoms with van der Waals surface area (Å²) in [6, 6.07) is 3.66. The van der Waals surface area contributed by atoms with Crippen LogP contribution in [0, 0.1) is 0 Å². The summed E-state index contributed by atoms with van der Waals surface area (Å²) in [4.78, 5) is 28.9. The van der Waals surface area contributed by atoms with E-state index in [9.17, 15) is 4.79 Å². The van der Waals surface area contributed by atoms with Crippen LogP contribution in [-0.2, 0) is 4.74 Å². The second-order valence-corrected chi connectivity index (χ2v) is 6.74. The number of nitrogen functional groups attached to an aromatic ring is 1. The fourth-order valence-corrected chi connectivity index (χ4v) is 2.53. The normalized spacial score (nSPS) is 15.6. The zero-order valence-corrected chi connectivity index (χ0v) is 14.2. The van der Waals surface area contributed by atoms with Crippen molar-refractivity contribution in [1.82, 2.24) is 19.9 Å². The second-order valence-electron chi connectivity index (χ2n) is 6.74. The number of aromatic nitrogens is 3. The van der Waals surface area contributed by atoms with Gasteiger partial charge in [0.1, 0.15) is 11.4 Å². The number of carbonyl (C=O) groups is 1. The van der Waals surface area contributed by atoms with Crippen molar-refractivity contribution in [2.45, 2.75) is 26.4 Å². The van der Waals surface area contributed by atoms with Crippen LogP contribution >= 0.6 is 0 Å². The highest BCUT2D eigenvalue weighted by atomic mass is 16.6. The number of pyridine rings is 1. The average Bonchev–Trinajstić information content (AvgIpc) is 2.53. The van der Waals surface area contributed by atoms with Crippen LogP contribution in [0.5, 0.6) is 0 Å². The Bertz CT molecular complexity index is 750. The number of ether oxygens (including phenoxy) is 1. The number of piperazine rings is 1. The molecule has 8 nitrogen and oxygen atoms in total. The lowest BCUT2D eigenvalue weighted by molar-refractivity contribution is 0.0240. The predicted octanol–water partition coefficient (Wildman–Crippen LogP) is 1.66. The van der Waals surface area contributed by atoms with Crippen molar-refractivity contribution >= 4 is 28.9 Å². The van der Waals surface area contributed by atoms with Crippen molar-refractivity contribution < 1.29 is 9.53 Å². The van der Waals surface area contributed by atoms with Gasteiger partial charge in [-0.3, -0.25) is 0 Å². The summed E-state index contributed by atoms with van der Waals surface area (Å²) < 4.78 is 5.40. The highest BCUT2D eigenvalue weighted by Crippen LogP contribution is 2.20. The number of hydrogen-bond acceptors (Lipinski definition) is 7. The molecule has 3 rings (SSSR count). The fourth-order valence-electron chi connectivity index (χ4n) is 2.53. The molecule has 8 heteroatoms. The first-order chi connectivity index (χ1) is 11.3. The topological polar surface area (TPSA) is 97.5 Å². The molecule has 3 heterocycles. The van der Waals surface area contributed by atoms with Gasteiger partial charge in [-0.1, -0.05) is 0 Å². The van der Waals surface area contributed by atoms with E-state index in [4.69, 9.17) is 10.5 Å². The zero-order valence-electron chi connectivity index (χ0n) is 14.2. The number of amides is 1. The minimum atomic E-state index is -0.490. The first-order valence-electron chi connectivity index (χ1n) is 7.94. The Morgan fingerprint density at radius 2 is 1.92 bits per heavy atom. The third-order valence-electron chi connectivity index (χ3n) is 3.70. The maximum Gasteiger partial charge on any atom is 0.410 e. The first-order valence-corrected chi connectivity index (χ1v) is 7.94. The van der Waals surface area contributed by atoms with Crippen LogP contribution in [0.2, 0.25) is 0 Å². The predicted molar refractivity (Wildman–Crippen MR) is 91.8 cm³/mol. The molecule has 1 aliphatic rings. The Morgan fingerprint density at radius 3 is 2.58 bits per heavy atom. The van der Waals surface area contributed by atoms with Crippen LogP contribution in [0.3, 0.4) is 0 Å². The van der Waals surface area contributed by atoms with E-state index in [1.807, 2.05) is 31.7 Å². The highest BCUT2D eigenvalue weighted by Gasteiger charge is 2.27. The molecule has 128 valence electrons. The van der Waals surface area contributed by atoms with Gasteiger partial charge in [-0.05, 0) is 32.9 Å². The summed E-state index contributed by atoms with van der Waals surface area (Å²) in [5.41, 5.74) is 6.09. The highest BCUT2D eigenvalue weighted by molar-refractivity contribution is 5.86. The zero-order chi connectivity index (χ0) is 17.3. The number of nitrogens with two attached hydrogens (primary N) is 1. The largest absolute Gasteiger partial charge is 0.444 e. The quantitative estimate of drug-likeness (QED) is 0.849. The van der Waals surface area contributed by atoms with Gasteiger partial charge in [0.15, 0.2) is 5.65 Å². The van der Waals surface area contributed by atoms with E-state index in [0.717, 1.165) is 5.39 Å². The summed E-state index contributed by atoms with van der Waals surface area (Å²) in [6.45, 7) is 7.93. The van der Waals surface area contributed by atoms with E-state index in [1.54, 1.807) is 17.2 Å². The molecule has 0 unspecified atom stereocenters. The van der Waals surface area contributed by atoms with Gasteiger partial charge in [0.25, 0.3) is 0 Å². The van der Waals surface area contributed by atoms with Gasteiger partial charge in [-0.25, -0.2) is 9.78 Å². The van der Waals surface area contributed by atoms with Crippen LogP contribution in [0.4, 0.5) is 16.6 Å². The molecule has 1 fully saturated rings. The number of rotatable bonds is 1. The van der Waals surface area contributed by atoms with Crippen LogP contribution < -0.4 is 10.6 Å². The molecular weight excluding hydrogens is 308 g/mol. The lowest BCUT2D eigenvalue weighted by Gasteiger charge is -2.35. The fraction of sp³-hybridized carbons (Fsp3) is 0.500. The van der Waals surface area contributed by atoms with Crippen LogP contribution in [-0.4, -0.2) is 57.7 Å². The summed E-state index contributed by atoms with van der Waals surface area (Å²) in [5.74, 6) is 0.959. The van der Waals surface area contributed by atoms with Crippen molar-refractivity contribution in [3.05, 3.63) is 18.3 Å². The molecule has 2 aromatic rings. The molecule has 1 saturated heterocycles. The summed E-state index contributed by atoms with van der Waals surface area (Å²) >= 11 is 0. The molecular formula is C16H22N6O2. The Balaban J connectivity index is 1.70. The molecule has 24 heavy (non-hydrogen) atoms. The lowest BCUT2D eigenvalue weighted by Crippen LogP contribution is -2.50. The smallest absolute Gasteiger partial charge is 0.410 e. The Hall–Kier alpha value is -2.64. The van der Waals surface area contributed by atoms with Gasteiger partial charge in [0.05, 0.1) is 5.39 Å². The van der Waals surface area contributed by atoms with E-state index in [1.165, 1.54) is 0 Å². The molecule has 1 aliphatic heterocycles. The van der Waals surface area contributed by atoms with Gasteiger partial charge < -0.3 is 20.3 Å². The SMILES string of the molecule is CC(C)(C)OC(=O)N1CCN(c2nc(N)c3cccnc3n2)CC1. The van der Waals surface area contributed by atoms with Gasteiger partial charge in [0.2, 0.25) is 5.95 Å². The van der Waals surface area contributed by atoms with Crippen molar-refractivity contribution in [3.63, 3.8) is 0 Å². The van der Waals surface area contributed by atoms with Crippen molar-refractivity contribution in [2.24, 2.45) is 0 Å². The standard InChI is InChI=1S/C16H22N6O2/c1-16(2,3)24-15(23)22-9-7-21(8-10-22)14-19-12(17)11-5-4-6-18-13(11)20-14/h4-6H,7-10H2,1-3H3,(H2,17,18,19,20). The van der Waals surface area contributed by atoms with Crippen molar-refractivity contribution in [3.8, 4) is 0 Å². The second kappa shape index (κ2) is 6.10. The van der Waals surface area contributed by atoms with Gasteiger partial charge >= 0.3 is 6.09 Å². The van der Waals surface area contributed by atoms with Crippen molar-refractivity contribution in [1.29, 1.82) is 0 Å². The van der Waals surface area contributed by atoms with Crippen molar-refractivity contribution in [2.75, 3.05) is 36.8 Å². The average molecular weight is 330 g/mol. The molecule has 0 aliphatic carbocycles. The molecule has 0 bridgehead atoms. The number of nitrogens with zero attached hydrogens (tertiary/aromatic N) is 5. The summed E-state index contributed by atoms with van der Waals surface area (Å²) in [5, 5.41) is 0.744. The number of anilines is 2. The monoisotopic (exact) mass is 330 g/mol. The number of hydrogen-bond donors (Lipinski definition) is 1. The molecule has 2 aromatic heterocycles. The van der Waals surface area contributed by atoms with E-state index < -0.39 is 5.60 Å². The van der Waals surface area contributed by atoms with E-state index >= 15 is 0 Å². The third kappa shape index (κ3) is 3.47. The molecule has 1 amide bonds. The molecule has 0 aromatic carbocycles. The van der Waals surface area contributed by atoms with E-state index in [2.05, 4.69) is 15.0 Å².